The van der Waals surface area contributed by atoms with E-state index in [1.54, 1.807) is 6.07 Å². The molecule has 0 fully saturated rings. The second-order valence-electron chi connectivity index (χ2n) is 5.09. The highest BCUT2D eigenvalue weighted by Crippen LogP contribution is 2.09. The molecule has 0 saturated heterocycles. The van der Waals surface area contributed by atoms with Crippen molar-refractivity contribution < 1.29 is 8.42 Å². The lowest BCUT2D eigenvalue weighted by Gasteiger charge is -2.08. The highest BCUT2D eigenvalue weighted by atomic mass is 32.2. The third-order valence-electron chi connectivity index (χ3n) is 3.20. The second-order valence-corrected chi connectivity index (χ2v) is 6.90. The van der Waals surface area contributed by atoms with Crippen molar-refractivity contribution in [1.82, 2.24) is 4.72 Å². The van der Waals surface area contributed by atoms with Gasteiger partial charge in [0, 0.05) is 13.1 Å². The zero-order chi connectivity index (χ0) is 15.3. The molecule has 2 rings (SSSR count). The Morgan fingerprint density at radius 1 is 1.00 bits per heavy atom. The second kappa shape index (κ2) is 6.85. The molecule has 0 radical (unpaired) electrons. The number of nitrogens with one attached hydrogen (secondary N) is 1. The minimum Gasteiger partial charge on any atom is -0.326 e. The number of hydrogen-bond acceptors (Lipinski definition) is 3. The molecule has 0 unspecified atom stereocenters. The van der Waals surface area contributed by atoms with Crippen LogP contribution < -0.4 is 10.5 Å². The molecule has 5 heteroatoms. The normalized spacial score (nSPS) is 11.5. The Morgan fingerprint density at radius 3 is 2.33 bits per heavy atom. The molecule has 0 atom stereocenters. The first kappa shape index (κ1) is 15.7. The first-order valence-corrected chi connectivity index (χ1v) is 8.44. The van der Waals surface area contributed by atoms with Gasteiger partial charge in [-0.25, -0.2) is 13.1 Å². The molecule has 0 heterocycles. The summed E-state index contributed by atoms with van der Waals surface area (Å²) in [5, 5.41) is 0. The van der Waals surface area contributed by atoms with Gasteiger partial charge >= 0.3 is 0 Å². The van der Waals surface area contributed by atoms with Crippen LogP contribution in [0.1, 0.15) is 22.3 Å². The molecule has 0 aliphatic carbocycles. The predicted molar refractivity (Wildman–Crippen MR) is 85.0 cm³/mol. The Balaban J connectivity index is 1.99. The first-order valence-electron chi connectivity index (χ1n) is 6.79. The smallest absolute Gasteiger partial charge is 0.216 e. The molecule has 3 N–H and O–H groups in total. The summed E-state index contributed by atoms with van der Waals surface area (Å²) < 4.78 is 26.8. The molecule has 0 amide bonds. The van der Waals surface area contributed by atoms with Crippen molar-refractivity contribution in [2.75, 3.05) is 0 Å². The number of nitrogens with two attached hydrogens (primary N) is 1. The molecule has 4 nitrogen and oxygen atoms in total. The quantitative estimate of drug-likeness (QED) is 0.858. The monoisotopic (exact) mass is 304 g/mol. The predicted octanol–water partition coefficient (Wildman–Crippen LogP) is 2.07. The molecule has 0 aromatic heterocycles. The van der Waals surface area contributed by atoms with Gasteiger partial charge in [-0.2, -0.15) is 0 Å². The van der Waals surface area contributed by atoms with Gasteiger partial charge in [0.1, 0.15) is 0 Å². The molecule has 2 aromatic carbocycles. The van der Waals surface area contributed by atoms with Crippen LogP contribution >= 0.6 is 0 Å². The Labute approximate surface area is 126 Å². The zero-order valence-electron chi connectivity index (χ0n) is 12.0. The minimum atomic E-state index is -3.36. The third kappa shape index (κ3) is 4.97. The molecular formula is C16H20N2O2S. The number of rotatable bonds is 6. The SMILES string of the molecule is Cc1ccc(CNS(=O)(=O)Cc2cccc(CN)c2)cc1. The van der Waals surface area contributed by atoms with E-state index in [2.05, 4.69) is 4.72 Å². The van der Waals surface area contributed by atoms with E-state index in [0.717, 1.165) is 22.3 Å². The van der Waals surface area contributed by atoms with Gasteiger partial charge in [0.2, 0.25) is 10.0 Å². The van der Waals surface area contributed by atoms with E-state index in [9.17, 15) is 8.42 Å². The van der Waals surface area contributed by atoms with E-state index in [-0.39, 0.29) is 5.75 Å². The lowest BCUT2D eigenvalue weighted by molar-refractivity contribution is 0.580. The van der Waals surface area contributed by atoms with Gasteiger partial charge in [0.25, 0.3) is 0 Å². The summed E-state index contributed by atoms with van der Waals surface area (Å²) in [5.74, 6) is -0.0350. The van der Waals surface area contributed by atoms with E-state index in [4.69, 9.17) is 5.73 Å². The standard InChI is InChI=1S/C16H20N2O2S/c1-13-5-7-14(8-6-13)11-18-21(19,20)12-16-4-2-3-15(9-16)10-17/h2-9,18H,10-12,17H2,1H3. The van der Waals surface area contributed by atoms with Crippen molar-refractivity contribution >= 4 is 10.0 Å². The average molecular weight is 304 g/mol. The fourth-order valence-electron chi connectivity index (χ4n) is 2.02. The van der Waals surface area contributed by atoms with E-state index in [0.29, 0.717) is 13.1 Å². The molecule has 112 valence electrons. The van der Waals surface area contributed by atoms with Crippen molar-refractivity contribution in [2.45, 2.75) is 25.8 Å². The largest absolute Gasteiger partial charge is 0.326 e. The van der Waals surface area contributed by atoms with Gasteiger partial charge in [-0.15, -0.1) is 0 Å². The van der Waals surface area contributed by atoms with E-state index < -0.39 is 10.0 Å². The summed E-state index contributed by atoms with van der Waals surface area (Å²) >= 11 is 0. The zero-order valence-corrected chi connectivity index (χ0v) is 12.9. The van der Waals surface area contributed by atoms with Gasteiger partial charge in [-0.05, 0) is 23.6 Å². The number of sulfonamides is 1. The van der Waals surface area contributed by atoms with Crippen molar-refractivity contribution in [3.8, 4) is 0 Å². The maximum atomic E-state index is 12.1. The lowest BCUT2D eigenvalue weighted by atomic mass is 10.1. The van der Waals surface area contributed by atoms with Crippen LogP contribution in [0.25, 0.3) is 0 Å². The highest BCUT2D eigenvalue weighted by molar-refractivity contribution is 7.88. The van der Waals surface area contributed by atoms with Crippen LogP contribution in [0.4, 0.5) is 0 Å². The first-order chi connectivity index (χ1) is 9.98. The van der Waals surface area contributed by atoms with Gasteiger partial charge in [0.15, 0.2) is 0 Å². The maximum absolute atomic E-state index is 12.1. The van der Waals surface area contributed by atoms with Gasteiger partial charge in [-0.3, -0.25) is 0 Å². The Bertz CT molecular complexity index is 694. The van der Waals surface area contributed by atoms with E-state index in [1.807, 2.05) is 49.4 Å². The fourth-order valence-corrected chi connectivity index (χ4v) is 3.12. The number of benzene rings is 2. The summed E-state index contributed by atoms with van der Waals surface area (Å²) in [5.41, 5.74) is 9.34. The van der Waals surface area contributed by atoms with Crippen LogP contribution in [-0.4, -0.2) is 8.42 Å². The van der Waals surface area contributed by atoms with Gasteiger partial charge in [0.05, 0.1) is 5.75 Å². The maximum Gasteiger partial charge on any atom is 0.216 e. The van der Waals surface area contributed by atoms with Gasteiger partial charge < -0.3 is 5.73 Å². The molecule has 0 aliphatic heterocycles. The van der Waals surface area contributed by atoms with Gasteiger partial charge in [-0.1, -0.05) is 54.1 Å². The molecule has 2 aromatic rings. The van der Waals surface area contributed by atoms with E-state index >= 15 is 0 Å². The average Bonchev–Trinajstić information content (AvgIpc) is 2.46. The third-order valence-corrected chi connectivity index (χ3v) is 4.50. The molecular weight excluding hydrogens is 284 g/mol. The molecule has 0 spiro atoms. The summed E-state index contributed by atoms with van der Waals surface area (Å²) in [6, 6.07) is 15.1. The Hall–Kier alpha value is -1.69. The van der Waals surface area contributed by atoms with Crippen LogP contribution in [0.2, 0.25) is 0 Å². The van der Waals surface area contributed by atoms with Crippen molar-refractivity contribution in [3.05, 3.63) is 70.8 Å². The van der Waals surface area contributed by atoms with Crippen LogP contribution in [-0.2, 0) is 28.9 Å². The van der Waals surface area contributed by atoms with Crippen molar-refractivity contribution in [2.24, 2.45) is 5.73 Å². The van der Waals surface area contributed by atoms with Crippen LogP contribution in [0.15, 0.2) is 48.5 Å². The Kier molecular flexibility index (Phi) is 5.12. The molecule has 0 aliphatic rings. The summed E-state index contributed by atoms with van der Waals surface area (Å²) in [6.07, 6.45) is 0. The van der Waals surface area contributed by atoms with Crippen molar-refractivity contribution in [3.63, 3.8) is 0 Å². The summed E-state index contributed by atoms with van der Waals surface area (Å²) in [7, 11) is -3.36. The fraction of sp³-hybridized carbons (Fsp3) is 0.250. The van der Waals surface area contributed by atoms with Crippen LogP contribution in [0, 0.1) is 6.92 Å². The molecule has 0 bridgehead atoms. The van der Waals surface area contributed by atoms with Crippen molar-refractivity contribution in [1.29, 1.82) is 0 Å². The minimum absolute atomic E-state index is 0.0350. The number of hydrogen-bond donors (Lipinski definition) is 2. The highest BCUT2D eigenvalue weighted by Gasteiger charge is 2.11. The number of aryl methyl sites for hydroxylation is 1. The van der Waals surface area contributed by atoms with E-state index in [1.165, 1.54) is 0 Å². The topological polar surface area (TPSA) is 72.2 Å². The van der Waals surface area contributed by atoms with Crippen LogP contribution in [0.5, 0.6) is 0 Å². The summed E-state index contributed by atoms with van der Waals surface area (Å²) in [4.78, 5) is 0. The molecule has 0 saturated carbocycles. The Morgan fingerprint density at radius 2 is 1.67 bits per heavy atom. The molecule has 21 heavy (non-hydrogen) atoms. The lowest BCUT2D eigenvalue weighted by Crippen LogP contribution is -2.24. The van der Waals surface area contributed by atoms with Crippen LogP contribution in [0.3, 0.4) is 0 Å². The summed E-state index contributed by atoms with van der Waals surface area (Å²) in [6.45, 7) is 2.71.